The minimum absolute atomic E-state index is 0.0353. The molecule has 3 nitrogen and oxygen atoms in total. The van der Waals surface area contributed by atoms with Crippen LogP contribution >= 0.6 is 0 Å². The molecule has 2 aromatic rings. The van der Waals surface area contributed by atoms with Crippen molar-refractivity contribution < 1.29 is 27.6 Å². The Morgan fingerprint density at radius 3 is 2.59 bits per heavy atom. The smallest absolute Gasteiger partial charge is 0.391 e. The summed E-state index contributed by atoms with van der Waals surface area (Å²) in [4.78, 5) is 6.18. The predicted molar refractivity (Wildman–Crippen MR) is 130 cm³/mol. The molecule has 0 unspecified atom stereocenters. The summed E-state index contributed by atoms with van der Waals surface area (Å²) in [6.45, 7) is -3.41. The van der Waals surface area contributed by atoms with Crippen molar-refractivity contribution in [1.82, 2.24) is 4.90 Å². The second-order valence-electron chi connectivity index (χ2n) is 8.83. The highest BCUT2D eigenvalue weighted by Gasteiger charge is 2.35. The van der Waals surface area contributed by atoms with E-state index in [1.165, 1.54) is 12.1 Å². The fraction of sp³-hybridized carbons (Fsp3) is 0.536. The molecular weight excluding hydrogens is 437 g/mol. The number of likely N-dealkylation sites (tertiary alicyclic amines) is 1. The largest absolute Gasteiger partial charge is 0.416 e. The summed E-state index contributed by atoms with van der Waals surface area (Å²) in [6, 6.07) is 8.65. The Labute approximate surface area is 210 Å². The average molecular weight is 480 g/mol. The maximum Gasteiger partial charge on any atom is 0.416 e. The molecule has 1 heterocycles. The van der Waals surface area contributed by atoms with Crippen LogP contribution in [0.2, 0.25) is 0 Å². The molecule has 0 spiro atoms. The third kappa shape index (κ3) is 6.01. The van der Waals surface area contributed by atoms with Gasteiger partial charge in [-0.3, -0.25) is 4.90 Å². The van der Waals surface area contributed by atoms with E-state index in [-0.39, 0.29) is 29.3 Å². The van der Waals surface area contributed by atoms with Crippen LogP contribution in [-0.4, -0.2) is 23.6 Å². The van der Waals surface area contributed by atoms with Gasteiger partial charge in [0.1, 0.15) is 6.56 Å². The number of oxime groups is 1. The molecular formula is C28H35F3N2O. The number of alkyl halides is 3. The van der Waals surface area contributed by atoms with E-state index in [0.717, 1.165) is 35.8 Å². The SMILES string of the molecule is [2H]C1C([2H])([2H])N(Cc2ccc(/C(C)=N/OC([2H])([2H])c3ccc(C4CCCCC4)c(C(F)(F)F)c3)cc2CC)C1([2H])[2H]. The van der Waals surface area contributed by atoms with Crippen LogP contribution < -0.4 is 0 Å². The van der Waals surface area contributed by atoms with Crippen LogP contribution in [0.5, 0.6) is 0 Å². The second kappa shape index (κ2) is 10.9. The fourth-order valence-electron chi connectivity index (χ4n) is 4.58. The lowest BCUT2D eigenvalue weighted by atomic mass is 9.81. The lowest BCUT2D eigenvalue weighted by Gasteiger charge is -2.31. The van der Waals surface area contributed by atoms with E-state index in [4.69, 9.17) is 14.4 Å². The number of rotatable bonds is 8. The van der Waals surface area contributed by atoms with Crippen molar-refractivity contribution in [2.75, 3.05) is 13.0 Å². The van der Waals surface area contributed by atoms with Crippen LogP contribution in [-0.2, 0) is 30.5 Å². The summed E-state index contributed by atoms with van der Waals surface area (Å²) >= 11 is 0. The van der Waals surface area contributed by atoms with E-state index in [0.29, 0.717) is 30.4 Å². The molecule has 0 atom stereocenters. The van der Waals surface area contributed by atoms with Gasteiger partial charge in [-0.25, -0.2) is 0 Å². The number of hydrogen-bond donors (Lipinski definition) is 0. The van der Waals surface area contributed by atoms with Crippen LogP contribution in [0.3, 0.4) is 0 Å². The molecule has 1 saturated heterocycles. The molecule has 0 radical (unpaired) electrons. The van der Waals surface area contributed by atoms with Crippen molar-refractivity contribution in [3.05, 3.63) is 69.8 Å². The van der Waals surface area contributed by atoms with Gasteiger partial charge in [-0.2, -0.15) is 13.2 Å². The van der Waals surface area contributed by atoms with Gasteiger partial charge in [-0.1, -0.05) is 55.6 Å². The molecule has 1 aliphatic heterocycles. The molecule has 0 amide bonds. The lowest BCUT2D eigenvalue weighted by Crippen LogP contribution is -2.36. The van der Waals surface area contributed by atoms with E-state index < -0.39 is 37.7 Å². The highest BCUT2D eigenvalue weighted by molar-refractivity contribution is 5.98. The Bertz CT molecular complexity index is 1280. The van der Waals surface area contributed by atoms with Crippen molar-refractivity contribution in [3.8, 4) is 0 Å². The molecule has 4 rings (SSSR count). The topological polar surface area (TPSA) is 24.8 Å². The lowest BCUT2D eigenvalue weighted by molar-refractivity contribution is -0.138. The zero-order chi connectivity index (χ0) is 30.4. The Balaban J connectivity index is 1.54. The summed E-state index contributed by atoms with van der Waals surface area (Å²) < 4.78 is 98.3. The van der Waals surface area contributed by atoms with E-state index in [1.54, 1.807) is 25.1 Å². The Morgan fingerprint density at radius 2 is 1.88 bits per heavy atom. The summed E-state index contributed by atoms with van der Waals surface area (Å²) in [6.07, 6.45) is -1.51. The van der Waals surface area contributed by atoms with Gasteiger partial charge in [0, 0.05) is 13.4 Å². The van der Waals surface area contributed by atoms with Crippen LogP contribution in [0.25, 0.3) is 0 Å². The number of halogens is 3. The molecule has 0 aromatic heterocycles. The number of hydrogen-bond acceptors (Lipinski definition) is 3. The molecule has 34 heavy (non-hydrogen) atoms. The van der Waals surface area contributed by atoms with Crippen molar-refractivity contribution in [1.29, 1.82) is 0 Å². The maximum atomic E-state index is 14.0. The Kier molecular flexibility index (Phi) is 5.52. The molecule has 1 saturated carbocycles. The number of aryl methyl sites for hydroxylation is 1. The molecule has 2 aromatic carbocycles. The monoisotopic (exact) mass is 479 g/mol. The highest BCUT2D eigenvalue weighted by Crippen LogP contribution is 2.41. The van der Waals surface area contributed by atoms with Crippen LogP contribution in [0.4, 0.5) is 13.2 Å². The molecule has 184 valence electrons. The zero-order valence-corrected chi connectivity index (χ0v) is 19.5. The fourth-order valence-corrected chi connectivity index (χ4v) is 4.58. The normalized spacial score (nSPS) is 25.1. The van der Waals surface area contributed by atoms with Crippen LogP contribution in [0, 0.1) is 0 Å². The molecule has 2 aliphatic rings. The summed E-state index contributed by atoms with van der Waals surface area (Å²) in [5.41, 5.74) is 1.39. The number of benzene rings is 2. The Morgan fingerprint density at radius 1 is 1.12 bits per heavy atom. The third-order valence-corrected chi connectivity index (χ3v) is 6.52. The maximum absolute atomic E-state index is 14.0. The van der Waals surface area contributed by atoms with Gasteiger partial charge < -0.3 is 4.84 Å². The van der Waals surface area contributed by atoms with E-state index in [9.17, 15) is 13.2 Å². The molecule has 6 heteroatoms. The van der Waals surface area contributed by atoms with Crippen molar-refractivity contribution in [2.24, 2.45) is 5.16 Å². The van der Waals surface area contributed by atoms with Crippen LogP contribution in [0.15, 0.2) is 41.6 Å². The van der Waals surface area contributed by atoms with Gasteiger partial charge in [-0.05, 0) is 91.4 Å². The average Bonchev–Trinajstić information content (AvgIpc) is 2.93. The standard InChI is InChI=1S/C28H35F3N2O/c1-3-22-17-24(11-12-25(22)18-33-14-7-15-33)20(2)32-34-19-21-10-13-26(23-8-5-4-6-9-23)27(16-21)28(29,30)31/h10-13,16-17,23H,3-9,14-15,18-19H2,1-2H3/b32-20+/i7D,14D2,15D2,19D2. The summed E-state index contributed by atoms with van der Waals surface area (Å²) in [7, 11) is 0. The van der Waals surface area contributed by atoms with E-state index >= 15 is 0 Å². The van der Waals surface area contributed by atoms with E-state index in [1.807, 2.05) is 6.92 Å². The second-order valence-corrected chi connectivity index (χ2v) is 8.83. The zero-order valence-electron chi connectivity index (χ0n) is 26.5. The third-order valence-electron chi connectivity index (χ3n) is 6.52. The quantitative estimate of drug-likeness (QED) is 0.290. The minimum Gasteiger partial charge on any atom is -0.391 e. The summed E-state index contributed by atoms with van der Waals surface area (Å²) in [5.74, 6) is -0.205. The van der Waals surface area contributed by atoms with Crippen molar-refractivity contribution in [3.63, 3.8) is 0 Å². The Hall–Kier alpha value is -2.34. The predicted octanol–water partition coefficient (Wildman–Crippen LogP) is 7.46. The van der Waals surface area contributed by atoms with E-state index in [2.05, 4.69) is 5.16 Å². The first-order chi connectivity index (χ1) is 19.0. The molecule has 2 fully saturated rings. The van der Waals surface area contributed by atoms with Gasteiger partial charge in [0.2, 0.25) is 0 Å². The molecule has 0 bridgehead atoms. The highest BCUT2D eigenvalue weighted by atomic mass is 19.4. The minimum atomic E-state index is -4.63. The van der Waals surface area contributed by atoms with Gasteiger partial charge in [0.25, 0.3) is 0 Å². The summed E-state index contributed by atoms with van der Waals surface area (Å²) in [5, 5.41) is 3.90. The molecule has 0 N–H and O–H groups in total. The van der Waals surface area contributed by atoms with Gasteiger partial charge in [0.05, 0.1) is 14.0 Å². The van der Waals surface area contributed by atoms with Gasteiger partial charge >= 0.3 is 6.18 Å². The van der Waals surface area contributed by atoms with Crippen molar-refractivity contribution in [2.45, 2.75) is 84.0 Å². The van der Waals surface area contributed by atoms with Crippen LogP contribution in [0.1, 0.15) is 101 Å². The number of nitrogens with zero attached hydrogens (tertiary/aromatic N) is 2. The first-order valence-corrected chi connectivity index (χ1v) is 11.8. The first-order valence-electron chi connectivity index (χ1n) is 15.3. The van der Waals surface area contributed by atoms with Crippen molar-refractivity contribution >= 4 is 5.71 Å². The van der Waals surface area contributed by atoms with Gasteiger partial charge in [0.15, 0.2) is 0 Å². The molecule has 1 aliphatic carbocycles. The van der Waals surface area contributed by atoms with Gasteiger partial charge in [-0.15, -0.1) is 0 Å². The first kappa shape index (κ1) is 17.1.